The van der Waals surface area contributed by atoms with Crippen LogP contribution in [0.3, 0.4) is 0 Å². The minimum Gasteiger partial charge on any atom is -0.383 e. The van der Waals surface area contributed by atoms with Crippen molar-refractivity contribution in [3.05, 3.63) is 72.4 Å². The Bertz CT molecular complexity index is 1350. The molecule has 2 aromatic carbocycles. The molecule has 2 aliphatic rings. The van der Waals surface area contributed by atoms with Crippen LogP contribution in [-0.4, -0.2) is 71.7 Å². The van der Waals surface area contributed by atoms with E-state index >= 15 is 0 Å². The molecule has 0 radical (unpaired) electrons. The van der Waals surface area contributed by atoms with Crippen LogP contribution in [0.5, 0.6) is 0 Å². The second kappa shape index (κ2) is 12.6. The van der Waals surface area contributed by atoms with Gasteiger partial charge in [-0.25, -0.2) is 4.90 Å². The van der Waals surface area contributed by atoms with Crippen LogP contribution in [0.2, 0.25) is 0 Å². The highest BCUT2D eigenvalue weighted by atomic mass is 16.3. The molecular weight excluding hydrogens is 508 g/mol. The molecule has 0 saturated carbocycles. The summed E-state index contributed by atoms with van der Waals surface area (Å²) in [6.07, 6.45) is 2.12. The number of carbonyl (C=O) groups excluding carboxylic acids is 3. The average Bonchev–Trinajstić information content (AvgIpc) is 3.66. The second-order valence-electron chi connectivity index (χ2n) is 10.6. The lowest BCUT2D eigenvalue weighted by Gasteiger charge is -2.27. The Kier molecular flexibility index (Phi) is 8.81. The number of para-hydroxylation sites is 1. The van der Waals surface area contributed by atoms with E-state index in [4.69, 9.17) is 5.73 Å². The summed E-state index contributed by atoms with van der Waals surface area (Å²) in [6, 6.07) is 17.4. The van der Waals surface area contributed by atoms with Crippen LogP contribution in [0.1, 0.15) is 24.8 Å². The van der Waals surface area contributed by atoms with Crippen molar-refractivity contribution in [2.75, 3.05) is 24.5 Å². The Hall–Kier alpha value is -3.70. The van der Waals surface area contributed by atoms with E-state index in [0.29, 0.717) is 51.0 Å². The van der Waals surface area contributed by atoms with Gasteiger partial charge in [-0.2, -0.15) is 0 Å². The number of imide groups is 1. The van der Waals surface area contributed by atoms with Crippen molar-refractivity contribution in [1.29, 1.82) is 0 Å². The van der Waals surface area contributed by atoms with Gasteiger partial charge in [0.15, 0.2) is 0 Å². The molecule has 2 aliphatic heterocycles. The summed E-state index contributed by atoms with van der Waals surface area (Å²) in [4.78, 5) is 45.9. The van der Waals surface area contributed by atoms with Crippen LogP contribution in [0.15, 0.2) is 66.9 Å². The third-order valence-electron chi connectivity index (χ3n) is 7.76. The number of nitrogens with two attached hydrogens (primary N) is 1. The highest BCUT2D eigenvalue weighted by molar-refractivity contribution is 6.18. The van der Waals surface area contributed by atoms with Crippen molar-refractivity contribution in [3.63, 3.8) is 0 Å². The fraction of sp³-hybridized carbons (Fsp3) is 0.400. The summed E-state index contributed by atoms with van der Waals surface area (Å²) in [6.45, 7) is 1.43. The van der Waals surface area contributed by atoms with Gasteiger partial charge < -0.3 is 26.8 Å². The Labute approximate surface area is 233 Å². The molecule has 1 aromatic heterocycles. The maximum Gasteiger partial charge on any atom is 0.251 e. The van der Waals surface area contributed by atoms with Gasteiger partial charge in [0.05, 0.1) is 29.5 Å². The van der Waals surface area contributed by atoms with Crippen molar-refractivity contribution in [2.24, 2.45) is 11.7 Å². The number of aliphatic hydroxyl groups is 1. The summed E-state index contributed by atoms with van der Waals surface area (Å²) in [5.41, 5.74) is 8.04. The molecule has 210 valence electrons. The molecule has 40 heavy (non-hydrogen) atoms. The van der Waals surface area contributed by atoms with Gasteiger partial charge in [-0.3, -0.25) is 19.4 Å². The number of fused-ring (bicyclic) bond motifs is 1. The van der Waals surface area contributed by atoms with Gasteiger partial charge in [-0.15, -0.1) is 0 Å². The Morgan fingerprint density at radius 2 is 1.70 bits per heavy atom. The highest BCUT2D eigenvalue weighted by Crippen LogP contribution is 2.25. The number of hydrogen-bond acceptors (Lipinski definition) is 8. The van der Waals surface area contributed by atoms with Crippen LogP contribution in [-0.2, 0) is 20.8 Å². The quantitative estimate of drug-likeness (QED) is 0.249. The van der Waals surface area contributed by atoms with E-state index in [1.807, 2.05) is 54.6 Å². The number of aromatic nitrogens is 1. The number of aliphatic hydroxyl groups excluding tert-OH is 1. The molecule has 2 fully saturated rings. The van der Waals surface area contributed by atoms with Gasteiger partial charge in [-0.1, -0.05) is 48.5 Å². The van der Waals surface area contributed by atoms with Gasteiger partial charge in [-0.05, 0) is 62.4 Å². The predicted molar refractivity (Wildman–Crippen MR) is 152 cm³/mol. The SMILES string of the molecule is NCC1CN[C@H](C(=O)N(C(=O)[C@@H]2C[C@@H](NC(=O)[C@H](O)CCc3ccccc3)CN2)c2cnc3ccccc3c2)C1. The number of pyridine rings is 1. The Balaban J connectivity index is 1.26. The first-order valence-corrected chi connectivity index (χ1v) is 13.8. The monoisotopic (exact) mass is 544 g/mol. The summed E-state index contributed by atoms with van der Waals surface area (Å²) < 4.78 is 0. The fourth-order valence-corrected chi connectivity index (χ4v) is 5.44. The van der Waals surface area contributed by atoms with E-state index in [0.717, 1.165) is 16.5 Å². The maximum absolute atomic E-state index is 13.9. The number of rotatable bonds is 9. The van der Waals surface area contributed by atoms with E-state index in [1.165, 1.54) is 4.90 Å². The molecule has 3 aromatic rings. The lowest BCUT2D eigenvalue weighted by atomic mass is 10.0. The predicted octanol–water partition coefficient (Wildman–Crippen LogP) is 0.872. The zero-order chi connectivity index (χ0) is 28.1. The third kappa shape index (κ3) is 6.37. The largest absolute Gasteiger partial charge is 0.383 e. The molecule has 3 amide bonds. The third-order valence-corrected chi connectivity index (χ3v) is 7.76. The average molecular weight is 545 g/mol. The minimum atomic E-state index is -1.15. The van der Waals surface area contributed by atoms with E-state index in [2.05, 4.69) is 20.9 Å². The molecule has 3 heterocycles. The van der Waals surface area contributed by atoms with Crippen molar-refractivity contribution in [3.8, 4) is 0 Å². The molecule has 5 rings (SSSR count). The molecule has 1 unspecified atom stereocenters. The van der Waals surface area contributed by atoms with Gasteiger partial charge in [0.1, 0.15) is 6.10 Å². The number of anilines is 1. The molecule has 6 N–H and O–H groups in total. The van der Waals surface area contributed by atoms with E-state index in [1.54, 1.807) is 12.3 Å². The lowest BCUT2D eigenvalue weighted by molar-refractivity contribution is -0.131. The van der Waals surface area contributed by atoms with Crippen molar-refractivity contribution < 1.29 is 19.5 Å². The van der Waals surface area contributed by atoms with Crippen LogP contribution >= 0.6 is 0 Å². The summed E-state index contributed by atoms with van der Waals surface area (Å²) in [5, 5.41) is 20.4. The first-order valence-electron chi connectivity index (χ1n) is 13.8. The summed E-state index contributed by atoms with van der Waals surface area (Å²) in [5.74, 6) is -1.05. The topological polar surface area (TPSA) is 150 Å². The van der Waals surface area contributed by atoms with Crippen LogP contribution in [0, 0.1) is 5.92 Å². The maximum atomic E-state index is 13.9. The van der Waals surface area contributed by atoms with Crippen LogP contribution in [0.25, 0.3) is 10.9 Å². The zero-order valence-corrected chi connectivity index (χ0v) is 22.3. The number of aryl methyl sites for hydroxylation is 1. The zero-order valence-electron chi connectivity index (χ0n) is 22.3. The minimum absolute atomic E-state index is 0.165. The molecule has 10 heteroatoms. The van der Waals surface area contributed by atoms with Crippen LogP contribution in [0.4, 0.5) is 5.69 Å². The first-order chi connectivity index (χ1) is 19.4. The molecule has 5 atom stereocenters. The van der Waals surface area contributed by atoms with Crippen molar-refractivity contribution in [1.82, 2.24) is 20.9 Å². The van der Waals surface area contributed by atoms with Crippen molar-refractivity contribution in [2.45, 2.75) is 49.9 Å². The number of hydrogen-bond donors (Lipinski definition) is 5. The van der Waals surface area contributed by atoms with E-state index in [-0.39, 0.29) is 17.9 Å². The summed E-state index contributed by atoms with van der Waals surface area (Å²) >= 11 is 0. The smallest absolute Gasteiger partial charge is 0.251 e. The van der Waals surface area contributed by atoms with Gasteiger partial charge in [0.25, 0.3) is 11.8 Å². The molecule has 0 bridgehead atoms. The second-order valence-corrected chi connectivity index (χ2v) is 10.6. The van der Waals surface area contributed by atoms with Gasteiger partial charge in [0, 0.05) is 18.0 Å². The Morgan fingerprint density at radius 1 is 1.00 bits per heavy atom. The van der Waals surface area contributed by atoms with E-state index in [9.17, 15) is 19.5 Å². The molecule has 0 aliphatic carbocycles. The normalized spacial score (nSPS) is 23.1. The first kappa shape index (κ1) is 27.9. The number of carbonyl (C=O) groups is 3. The molecule has 2 saturated heterocycles. The number of nitrogens with zero attached hydrogens (tertiary/aromatic N) is 2. The summed E-state index contributed by atoms with van der Waals surface area (Å²) in [7, 11) is 0. The fourth-order valence-electron chi connectivity index (χ4n) is 5.44. The standard InChI is InChI=1S/C30H36N6O4/c31-15-20-12-25(32-16-20)29(39)36(23-13-21-8-4-5-9-24(21)34-18-23)30(40)26-14-22(17-33-26)35-28(38)27(37)11-10-19-6-2-1-3-7-19/h1-9,13,18,20,22,25-27,32-33,37H,10-12,14-17,31H2,(H,35,38)/t20?,22-,25+,26+,27-/m1/s1. The van der Waals surface area contributed by atoms with Crippen molar-refractivity contribution >= 4 is 34.3 Å². The number of benzene rings is 2. The molecule has 0 spiro atoms. The Morgan fingerprint density at radius 3 is 2.45 bits per heavy atom. The number of amides is 3. The number of nitrogens with one attached hydrogen (secondary N) is 3. The lowest BCUT2D eigenvalue weighted by Crippen LogP contribution is -2.52. The highest BCUT2D eigenvalue weighted by Gasteiger charge is 2.40. The molecule has 10 nitrogen and oxygen atoms in total. The van der Waals surface area contributed by atoms with Gasteiger partial charge >= 0.3 is 0 Å². The van der Waals surface area contributed by atoms with Gasteiger partial charge in [0.2, 0.25) is 5.91 Å². The molecular formula is C30H36N6O4. The van der Waals surface area contributed by atoms with E-state index < -0.39 is 30.0 Å². The van der Waals surface area contributed by atoms with Crippen LogP contribution < -0.4 is 26.6 Å².